The van der Waals surface area contributed by atoms with E-state index < -0.39 is 10.1 Å². The van der Waals surface area contributed by atoms with Crippen LogP contribution in [-0.4, -0.2) is 4.92 Å². The summed E-state index contributed by atoms with van der Waals surface area (Å²) in [6.07, 6.45) is 1.26. The second-order valence-electron chi connectivity index (χ2n) is 1.87. The molecule has 1 aromatic heterocycles. The Morgan fingerprint density at radius 2 is 2.33 bits per heavy atom. The molecule has 12 heavy (non-hydrogen) atoms. The molecule has 0 aliphatic rings. The van der Waals surface area contributed by atoms with Gasteiger partial charge in [0.15, 0.2) is 0 Å². The summed E-state index contributed by atoms with van der Waals surface area (Å²) >= 11 is 12.1. The minimum Gasteiger partial charge on any atom is -0.257 e. The van der Waals surface area contributed by atoms with Gasteiger partial charge < -0.3 is 0 Å². The van der Waals surface area contributed by atoms with Gasteiger partial charge >= 0.3 is 5.16 Å². The van der Waals surface area contributed by atoms with Gasteiger partial charge in [0.1, 0.15) is 0 Å². The monoisotopic (exact) mass is 223 g/mol. The van der Waals surface area contributed by atoms with Crippen LogP contribution in [0.15, 0.2) is 17.3 Å². The van der Waals surface area contributed by atoms with Gasteiger partial charge in [-0.1, -0.05) is 11.6 Å². The number of thiophene rings is 1. The Morgan fingerprint density at radius 3 is 2.75 bits per heavy atom. The lowest BCUT2D eigenvalue weighted by molar-refractivity contribution is -0.410. The number of rotatable bonds is 2. The maximum atomic E-state index is 10.1. The molecule has 64 valence electrons. The molecule has 0 N–H and O–H groups in total. The summed E-state index contributed by atoms with van der Waals surface area (Å²) < 4.78 is 0.578. The summed E-state index contributed by atoms with van der Waals surface area (Å²) in [4.78, 5) is 10.1. The summed E-state index contributed by atoms with van der Waals surface area (Å²) in [5, 5.41) is 9.68. The van der Waals surface area contributed by atoms with E-state index in [0.29, 0.717) is 9.21 Å². The number of hydrogen-bond acceptors (Lipinski definition) is 3. The van der Waals surface area contributed by atoms with E-state index in [9.17, 15) is 10.1 Å². The molecule has 0 spiro atoms. The first kappa shape index (κ1) is 9.51. The van der Waals surface area contributed by atoms with Crippen molar-refractivity contribution in [1.82, 2.24) is 0 Å². The molecule has 0 radical (unpaired) electrons. The molecule has 0 unspecified atom stereocenters. The van der Waals surface area contributed by atoms with Crippen molar-refractivity contribution in [3.8, 4) is 0 Å². The number of nitro groups is 1. The molecule has 0 saturated heterocycles. The molecule has 3 nitrogen and oxygen atoms in total. The third-order valence-corrected chi connectivity index (χ3v) is 2.46. The molecule has 0 saturated carbocycles. The zero-order chi connectivity index (χ0) is 9.14. The smallest absolute Gasteiger partial charge is 0.257 e. The maximum absolute atomic E-state index is 10.1. The van der Waals surface area contributed by atoms with Gasteiger partial charge in [-0.05, 0) is 23.7 Å². The Morgan fingerprint density at radius 1 is 1.67 bits per heavy atom. The Balaban J connectivity index is 2.87. The first-order valence-corrected chi connectivity index (χ1v) is 4.44. The molecule has 1 aromatic rings. The van der Waals surface area contributed by atoms with Gasteiger partial charge in [-0.15, -0.1) is 11.3 Å². The fraction of sp³-hybridized carbons (Fsp3) is 0. The molecular formula is C6H3Cl2NO2S. The van der Waals surface area contributed by atoms with E-state index >= 15 is 0 Å². The predicted octanol–water partition coefficient (Wildman–Crippen LogP) is 3.22. The largest absolute Gasteiger partial charge is 0.338 e. The van der Waals surface area contributed by atoms with Crippen LogP contribution in [0.4, 0.5) is 0 Å². The van der Waals surface area contributed by atoms with Gasteiger partial charge in [0.2, 0.25) is 0 Å². The van der Waals surface area contributed by atoms with Crippen molar-refractivity contribution < 1.29 is 4.92 Å². The van der Waals surface area contributed by atoms with Gasteiger partial charge in [0, 0.05) is 11.0 Å². The Labute approximate surface area is 82.4 Å². The van der Waals surface area contributed by atoms with E-state index in [2.05, 4.69) is 0 Å². The summed E-state index contributed by atoms with van der Waals surface area (Å²) in [5.41, 5.74) is 0. The minimum absolute atomic E-state index is 0.409. The highest BCUT2D eigenvalue weighted by molar-refractivity contribution is 7.17. The van der Waals surface area contributed by atoms with Crippen molar-refractivity contribution >= 4 is 40.6 Å². The quantitative estimate of drug-likeness (QED) is 0.439. The van der Waals surface area contributed by atoms with Crippen molar-refractivity contribution in [2.24, 2.45) is 0 Å². The lowest BCUT2D eigenvalue weighted by atomic mass is 10.4. The van der Waals surface area contributed by atoms with Gasteiger partial charge in [0.05, 0.1) is 9.26 Å². The fourth-order valence-corrected chi connectivity index (χ4v) is 1.76. The third kappa shape index (κ3) is 2.48. The lowest BCUT2D eigenvalue weighted by Gasteiger charge is -1.84. The molecule has 0 fully saturated rings. The van der Waals surface area contributed by atoms with Crippen molar-refractivity contribution in [2.45, 2.75) is 0 Å². The van der Waals surface area contributed by atoms with Gasteiger partial charge in [-0.2, -0.15) is 0 Å². The van der Waals surface area contributed by atoms with Crippen LogP contribution in [0.2, 0.25) is 4.34 Å². The average Bonchev–Trinajstić information content (AvgIpc) is 2.35. The van der Waals surface area contributed by atoms with E-state index in [4.69, 9.17) is 23.2 Å². The average molecular weight is 224 g/mol. The topological polar surface area (TPSA) is 43.1 Å². The van der Waals surface area contributed by atoms with Crippen molar-refractivity contribution in [1.29, 1.82) is 0 Å². The van der Waals surface area contributed by atoms with Gasteiger partial charge in [0.25, 0.3) is 0 Å². The molecule has 0 atom stereocenters. The Kier molecular flexibility index (Phi) is 3.08. The normalized spacial score (nSPS) is 11.7. The summed E-state index contributed by atoms with van der Waals surface area (Å²) in [5.74, 6) is 0. The standard InChI is InChI=1S/C6H3Cl2NO2S/c7-5(9(10)11)3-4-1-2-6(8)12-4/h1-3H/b5-3+. The van der Waals surface area contributed by atoms with Crippen molar-refractivity contribution in [3.05, 3.63) is 36.6 Å². The van der Waals surface area contributed by atoms with Crippen LogP contribution in [0.25, 0.3) is 6.08 Å². The van der Waals surface area contributed by atoms with E-state index in [1.54, 1.807) is 12.1 Å². The van der Waals surface area contributed by atoms with Crippen LogP contribution in [0.3, 0.4) is 0 Å². The molecule has 0 aromatic carbocycles. The maximum Gasteiger partial charge on any atom is 0.338 e. The highest BCUT2D eigenvalue weighted by atomic mass is 35.5. The van der Waals surface area contributed by atoms with E-state index in [0.717, 1.165) is 0 Å². The number of halogens is 2. The third-order valence-electron chi connectivity index (χ3n) is 1.03. The second kappa shape index (κ2) is 3.89. The zero-order valence-electron chi connectivity index (χ0n) is 5.66. The van der Waals surface area contributed by atoms with E-state index in [1.165, 1.54) is 17.4 Å². The molecule has 1 heterocycles. The molecule has 0 bridgehead atoms. The summed E-state index contributed by atoms with van der Waals surface area (Å²) in [6, 6.07) is 3.32. The van der Waals surface area contributed by atoms with Gasteiger partial charge in [-0.3, -0.25) is 10.1 Å². The van der Waals surface area contributed by atoms with Gasteiger partial charge in [-0.25, -0.2) is 0 Å². The Bertz CT molecular complexity index is 334. The van der Waals surface area contributed by atoms with Crippen LogP contribution in [-0.2, 0) is 0 Å². The van der Waals surface area contributed by atoms with Crippen LogP contribution >= 0.6 is 34.5 Å². The van der Waals surface area contributed by atoms with Crippen molar-refractivity contribution in [3.63, 3.8) is 0 Å². The second-order valence-corrected chi connectivity index (χ2v) is 4.00. The van der Waals surface area contributed by atoms with Crippen LogP contribution in [0.1, 0.15) is 4.88 Å². The molecule has 0 amide bonds. The highest BCUT2D eigenvalue weighted by Gasteiger charge is 2.06. The summed E-state index contributed by atoms with van der Waals surface area (Å²) in [7, 11) is 0. The molecule has 1 rings (SSSR count). The highest BCUT2D eigenvalue weighted by Crippen LogP contribution is 2.24. The number of hydrogen-bond donors (Lipinski definition) is 0. The molecule has 0 aliphatic carbocycles. The Hall–Kier alpha value is -0.580. The SMILES string of the molecule is O=[N+]([O-])/C(Cl)=C/c1ccc(Cl)s1. The van der Waals surface area contributed by atoms with E-state index in [1.807, 2.05) is 0 Å². The fourth-order valence-electron chi connectivity index (χ4n) is 0.576. The lowest BCUT2D eigenvalue weighted by Crippen LogP contribution is -1.89. The van der Waals surface area contributed by atoms with Crippen LogP contribution in [0, 0.1) is 10.1 Å². The summed E-state index contributed by atoms with van der Waals surface area (Å²) in [6.45, 7) is 0. The van der Waals surface area contributed by atoms with Crippen molar-refractivity contribution in [2.75, 3.05) is 0 Å². The first-order valence-electron chi connectivity index (χ1n) is 2.86. The molecule has 0 aliphatic heterocycles. The molecular weight excluding hydrogens is 221 g/mol. The van der Waals surface area contributed by atoms with Crippen LogP contribution < -0.4 is 0 Å². The predicted molar refractivity (Wildman–Crippen MR) is 50.2 cm³/mol. The zero-order valence-corrected chi connectivity index (χ0v) is 7.99. The molecule has 6 heteroatoms. The first-order chi connectivity index (χ1) is 5.59. The number of nitrogens with zero attached hydrogens (tertiary/aromatic N) is 1. The van der Waals surface area contributed by atoms with E-state index in [-0.39, 0.29) is 0 Å². The van der Waals surface area contributed by atoms with Crippen LogP contribution in [0.5, 0.6) is 0 Å². The minimum atomic E-state index is -0.658.